The fourth-order valence-electron chi connectivity index (χ4n) is 1.55. The molecule has 94 valence electrons. The molecule has 1 heterocycles. The first-order valence-corrected chi connectivity index (χ1v) is 5.95. The molecule has 1 aromatic heterocycles. The minimum atomic E-state index is -4.45. The van der Waals surface area contributed by atoms with Gasteiger partial charge in [-0.3, -0.25) is 0 Å². The van der Waals surface area contributed by atoms with Crippen LogP contribution in [0.5, 0.6) is 0 Å². The third-order valence-corrected chi connectivity index (χ3v) is 3.10. The third kappa shape index (κ3) is 2.63. The predicted molar refractivity (Wildman–Crippen MR) is 67.4 cm³/mol. The van der Waals surface area contributed by atoms with Crippen LogP contribution in [-0.2, 0) is 6.18 Å². The lowest BCUT2D eigenvalue weighted by Crippen LogP contribution is -2.07. The van der Waals surface area contributed by atoms with Crippen molar-refractivity contribution < 1.29 is 17.6 Å². The molecular weight excluding hydrogens is 361 g/mol. The van der Waals surface area contributed by atoms with Crippen LogP contribution in [0, 0.1) is 9.52 Å². The Morgan fingerprint density at radius 1 is 1.11 bits per heavy atom. The average molecular weight is 367 g/mol. The Bertz CT molecular complexity index is 581. The van der Waals surface area contributed by atoms with E-state index in [1.807, 2.05) is 0 Å². The van der Waals surface area contributed by atoms with Crippen LogP contribution in [0.2, 0.25) is 0 Å². The number of hydrogen-bond acceptors (Lipinski definition) is 1. The minimum Gasteiger partial charge on any atom is -0.227 e. The van der Waals surface area contributed by atoms with Gasteiger partial charge >= 0.3 is 6.18 Å². The molecule has 0 saturated heterocycles. The number of pyridine rings is 1. The molecule has 0 saturated carbocycles. The molecule has 0 aliphatic carbocycles. The minimum absolute atomic E-state index is 0.00424. The summed E-state index contributed by atoms with van der Waals surface area (Å²) in [4.78, 5) is 3.44. The molecule has 2 aromatic rings. The van der Waals surface area contributed by atoms with Gasteiger partial charge in [0, 0.05) is 11.8 Å². The summed E-state index contributed by atoms with van der Waals surface area (Å²) < 4.78 is 51.6. The van der Waals surface area contributed by atoms with Crippen LogP contribution < -0.4 is 0 Å². The van der Waals surface area contributed by atoms with E-state index in [2.05, 4.69) is 4.98 Å². The van der Waals surface area contributed by atoms with Crippen LogP contribution in [0.4, 0.5) is 17.6 Å². The Hall–Kier alpha value is -1.18. The van der Waals surface area contributed by atoms with Crippen molar-refractivity contribution in [3.8, 4) is 11.1 Å². The van der Waals surface area contributed by atoms with Crippen LogP contribution in [0.15, 0.2) is 36.5 Å². The maximum Gasteiger partial charge on any atom is 0.417 e. The Balaban J connectivity index is 2.61. The first kappa shape index (κ1) is 13.3. The average Bonchev–Trinajstić information content (AvgIpc) is 2.32. The van der Waals surface area contributed by atoms with Crippen LogP contribution in [0.1, 0.15) is 5.56 Å². The number of nitrogens with zero attached hydrogens (tertiary/aromatic N) is 1. The summed E-state index contributed by atoms with van der Waals surface area (Å²) in [5.74, 6) is -0.691. The number of rotatable bonds is 1. The summed E-state index contributed by atoms with van der Waals surface area (Å²) in [5.41, 5.74) is -0.515. The first-order chi connectivity index (χ1) is 8.39. The van der Waals surface area contributed by atoms with Crippen molar-refractivity contribution in [2.75, 3.05) is 0 Å². The van der Waals surface area contributed by atoms with E-state index in [9.17, 15) is 17.6 Å². The van der Waals surface area contributed by atoms with Gasteiger partial charge < -0.3 is 0 Å². The molecule has 6 heteroatoms. The second-order valence-corrected chi connectivity index (χ2v) is 4.70. The highest BCUT2D eigenvalue weighted by molar-refractivity contribution is 14.1. The molecule has 0 aliphatic heterocycles. The summed E-state index contributed by atoms with van der Waals surface area (Å²) in [6.45, 7) is 0. The highest BCUT2D eigenvalue weighted by Crippen LogP contribution is 2.37. The fraction of sp³-hybridized carbons (Fsp3) is 0.0833. The lowest BCUT2D eigenvalue weighted by Gasteiger charge is -2.12. The number of halogens is 5. The molecule has 0 atom stereocenters. The van der Waals surface area contributed by atoms with Gasteiger partial charge in [-0.2, -0.15) is 17.6 Å². The number of hydrogen-bond donors (Lipinski definition) is 0. The largest absolute Gasteiger partial charge is 0.417 e. The van der Waals surface area contributed by atoms with Gasteiger partial charge in [0.15, 0.2) is 0 Å². The van der Waals surface area contributed by atoms with Crippen molar-refractivity contribution in [3.63, 3.8) is 0 Å². The lowest BCUT2D eigenvalue weighted by atomic mass is 10.0. The molecule has 0 N–H and O–H groups in total. The quantitative estimate of drug-likeness (QED) is 0.411. The van der Waals surface area contributed by atoms with E-state index in [1.165, 1.54) is 24.3 Å². The normalized spacial score (nSPS) is 11.6. The number of alkyl halides is 3. The van der Waals surface area contributed by atoms with Crippen molar-refractivity contribution in [2.45, 2.75) is 6.18 Å². The Morgan fingerprint density at radius 2 is 1.78 bits per heavy atom. The zero-order chi connectivity index (χ0) is 13.3. The first-order valence-electron chi connectivity index (χ1n) is 4.87. The molecule has 1 aromatic carbocycles. The molecule has 0 unspecified atom stereocenters. The number of benzene rings is 1. The SMILES string of the molecule is Fc1ncc(-c2ccccc2C(F)(F)F)cc1I. The molecule has 0 bridgehead atoms. The van der Waals surface area contributed by atoms with Crippen LogP contribution in [-0.4, -0.2) is 4.98 Å². The molecule has 0 aliphatic rings. The highest BCUT2D eigenvalue weighted by atomic mass is 127. The van der Waals surface area contributed by atoms with Gasteiger partial charge in [-0.15, -0.1) is 0 Å². The van der Waals surface area contributed by atoms with Crippen LogP contribution >= 0.6 is 22.6 Å². The van der Waals surface area contributed by atoms with Gasteiger partial charge in [0.25, 0.3) is 0 Å². The lowest BCUT2D eigenvalue weighted by molar-refractivity contribution is -0.137. The van der Waals surface area contributed by atoms with E-state index in [4.69, 9.17) is 0 Å². The van der Waals surface area contributed by atoms with Crippen molar-refractivity contribution in [2.24, 2.45) is 0 Å². The van der Waals surface area contributed by atoms with Crippen molar-refractivity contribution >= 4 is 22.6 Å². The molecule has 0 amide bonds. The smallest absolute Gasteiger partial charge is 0.227 e. The van der Waals surface area contributed by atoms with Gasteiger partial charge in [0.05, 0.1) is 9.13 Å². The molecule has 2 rings (SSSR count). The zero-order valence-corrected chi connectivity index (χ0v) is 11.0. The zero-order valence-electron chi connectivity index (χ0n) is 8.80. The Kier molecular flexibility index (Phi) is 3.56. The molecule has 0 fully saturated rings. The third-order valence-electron chi connectivity index (χ3n) is 2.34. The monoisotopic (exact) mass is 367 g/mol. The maximum absolute atomic E-state index is 13.0. The predicted octanol–water partition coefficient (Wildman–Crippen LogP) is 4.51. The standard InChI is InChI=1S/C12H6F4IN/c13-11-10(17)5-7(6-18-11)8-3-1-2-4-9(8)12(14,15)16/h1-6H. The van der Waals surface area contributed by atoms with E-state index in [0.717, 1.165) is 12.3 Å². The van der Waals surface area contributed by atoms with E-state index >= 15 is 0 Å². The topological polar surface area (TPSA) is 12.9 Å². The summed E-state index contributed by atoms with van der Waals surface area (Å²) >= 11 is 1.69. The molecular formula is C12H6F4IN. The maximum atomic E-state index is 13.0. The Morgan fingerprint density at radius 3 is 2.39 bits per heavy atom. The molecule has 1 nitrogen and oxygen atoms in total. The van der Waals surface area contributed by atoms with E-state index in [-0.39, 0.29) is 14.7 Å². The van der Waals surface area contributed by atoms with Crippen molar-refractivity contribution in [3.05, 3.63) is 51.6 Å². The van der Waals surface area contributed by atoms with Crippen molar-refractivity contribution in [1.82, 2.24) is 4.98 Å². The van der Waals surface area contributed by atoms with E-state index < -0.39 is 17.7 Å². The van der Waals surface area contributed by atoms with E-state index in [0.29, 0.717) is 0 Å². The van der Waals surface area contributed by atoms with Gasteiger partial charge in [-0.25, -0.2) is 4.98 Å². The van der Waals surface area contributed by atoms with Crippen LogP contribution in [0.25, 0.3) is 11.1 Å². The summed E-state index contributed by atoms with van der Waals surface area (Å²) in [5, 5.41) is 0. The second-order valence-electron chi connectivity index (χ2n) is 3.54. The van der Waals surface area contributed by atoms with Crippen LogP contribution in [0.3, 0.4) is 0 Å². The summed E-state index contributed by atoms with van der Waals surface area (Å²) in [7, 11) is 0. The fourth-order valence-corrected chi connectivity index (χ4v) is 2.03. The molecule has 0 spiro atoms. The highest BCUT2D eigenvalue weighted by Gasteiger charge is 2.33. The van der Waals surface area contributed by atoms with Gasteiger partial charge in [-0.1, -0.05) is 18.2 Å². The second kappa shape index (κ2) is 4.83. The molecule has 0 radical (unpaired) electrons. The summed E-state index contributed by atoms with van der Waals surface area (Å²) in [6.07, 6.45) is -3.35. The molecule has 18 heavy (non-hydrogen) atoms. The van der Waals surface area contributed by atoms with Gasteiger partial charge in [-0.05, 0) is 40.3 Å². The van der Waals surface area contributed by atoms with Gasteiger partial charge in [0.2, 0.25) is 5.95 Å². The number of aromatic nitrogens is 1. The summed E-state index contributed by atoms with van der Waals surface area (Å²) in [6, 6.07) is 6.49. The van der Waals surface area contributed by atoms with E-state index in [1.54, 1.807) is 22.6 Å². The van der Waals surface area contributed by atoms with Gasteiger partial charge in [0.1, 0.15) is 0 Å². The Labute approximate surface area is 114 Å². The van der Waals surface area contributed by atoms with Crippen molar-refractivity contribution in [1.29, 1.82) is 0 Å².